The first-order valence-electron chi connectivity index (χ1n) is 6.74. The maximum absolute atomic E-state index is 13.8. The molecule has 1 aromatic heterocycles. The molecular formula is C15H14FN5. The molecule has 2 aromatic rings. The van der Waals surface area contributed by atoms with Crippen molar-refractivity contribution < 1.29 is 4.39 Å². The van der Waals surface area contributed by atoms with Gasteiger partial charge in [-0.25, -0.2) is 14.4 Å². The van der Waals surface area contributed by atoms with Gasteiger partial charge in [0, 0.05) is 26.2 Å². The number of aromatic nitrogens is 2. The van der Waals surface area contributed by atoms with E-state index in [9.17, 15) is 4.39 Å². The van der Waals surface area contributed by atoms with Crippen molar-refractivity contribution in [1.29, 1.82) is 5.26 Å². The fourth-order valence-electron chi connectivity index (χ4n) is 2.43. The second-order valence-electron chi connectivity index (χ2n) is 4.80. The van der Waals surface area contributed by atoms with Crippen LogP contribution in [0.2, 0.25) is 0 Å². The molecular weight excluding hydrogens is 269 g/mol. The van der Waals surface area contributed by atoms with Crippen LogP contribution in [0.3, 0.4) is 0 Å². The monoisotopic (exact) mass is 283 g/mol. The fraction of sp³-hybridized carbons (Fsp3) is 0.267. The number of benzene rings is 1. The number of rotatable bonds is 2. The fourth-order valence-corrected chi connectivity index (χ4v) is 2.43. The molecule has 0 aliphatic carbocycles. The summed E-state index contributed by atoms with van der Waals surface area (Å²) in [6, 6.07) is 8.77. The van der Waals surface area contributed by atoms with Crippen molar-refractivity contribution in [2.45, 2.75) is 0 Å². The Balaban J connectivity index is 1.67. The van der Waals surface area contributed by atoms with E-state index in [1.165, 1.54) is 12.3 Å². The Morgan fingerprint density at radius 2 is 1.71 bits per heavy atom. The van der Waals surface area contributed by atoms with E-state index in [4.69, 9.17) is 5.26 Å². The number of piperazine rings is 1. The molecule has 6 heteroatoms. The van der Waals surface area contributed by atoms with Crippen molar-refractivity contribution in [2.24, 2.45) is 0 Å². The molecule has 0 amide bonds. The summed E-state index contributed by atoms with van der Waals surface area (Å²) in [5.41, 5.74) is 0.951. The number of halogens is 1. The molecule has 0 radical (unpaired) electrons. The molecule has 0 spiro atoms. The Hall–Kier alpha value is -2.68. The first-order valence-corrected chi connectivity index (χ1v) is 6.74. The maximum Gasteiger partial charge on any atom is 0.158 e. The van der Waals surface area contributed by atoms with Gasteiger partial charge < -0.3 is 9.80 Å². The first-order chi connectivity index (χ1) is 10.3. The van der Waals surface area contributed by atoms with Gasteiger partial charge in [-0.15, -0.1) is 0 Å². The van der Waals surface area contributed by atoms with Crippen molar-refractivity contribution in [2.75, 3.05) is 36.0 Å². The minimum Gasteiger partial charge on any atom is -0.366 e. The zero-order valence-corrected chi connectivity index (χ0v) is 11.4. The van der Waals surface area contributed by atoms with Gasteiger partial charge in [0.15, 0.2) is 5.69 Å². The molecule has 0 atom stereocenters. The molecule has 0 unspecified atom stereocenters. The summed E-state index contributed by atoms with van der Waals surface area (Å²) in [6.07, 6.45) is 3.08. The van der Waals surface area contributed by atoms with E-state index in [-0.39, 0.29) is 5.82 Å². The molecule has 0 bridgehead atoms. The standard InChI is InChI=1S/C15H14FN5/c16-13-3-1-2-4-14(13)20-5-7-21(8-6-20)15-11-18-12(9-17)10-19-15/h1-4,10-11H,5-8H2. The lowest BCUT2D eigenvalue weighted by Gasteiger charge is -2.36. The molecule has 1 aliphatic rings. The summed E-state index contributed by atoms with van der Waals surface area (Å²) in [4.78, 5) is 12.4. The predicted octanol–water partition coefficient (Wildman–Crippen LogP) is 1.81. The van der Waals surface area contributed by atoms with Crippen molar-refractivity contribution >= 4 is 11.5 Å². The molecule has 1 aromatic carbocycles. The van der Waals surface area contributed by atoms with E-state index in [1.54, 1.807) is 18.3 Å². The molecule has 3 rings (SSSR count). The van der Waals surface area contributed by atoms with Gasteiger partial charge in [0.1, 0.15) is 17.7 Å². The number of anilines is 2. The van der Waals surface area contributed by atoms with Crippen LogP contribution in [0.15, 0.2) is 36.7 Å². The third-order valence-corrected chi connectivity index (χ3v) is 3.55. The number of hydrogen-bond donors (Lipinski definition) is 0. The number of hydrogen-bond acceptors (Lipinski definition) is 5. The topological polar surface area (TPSA) is 56.1 Å². The van der Waals surface area contributed by atoms with E-state index in [2.05, 4.69) is 14.9 Å². The van der Waals surface area contributed by atoms with Crippen LogP contribution >= 0.6 is 0 Å². The molecule has 1 saturated heterocycles. The molecule has 0 saturated carbocycles. The van der Waals surface area contributed by atoms with E-state index in [1.807, 2.05) is 17.0 Å². The van der Waals surface area contributed by atoms with E-state index < -0.39 is 0 Å². The van der Waals surface area contributed by atoms with Crippen molar-refractivity contribution in [3.63, 3.8) is 0 Å². The van der Waals surface area contributed by atoms with Gasteiger partial charge in [-0.2, -0.15) is 5.26 Å². The third-order valence-electron chi connectivity index (χ3n) is 3.55. The lowest BCUT2D eigenvalue weighted by Crippen LogP contribution is -2.47. The Labute approximate surface area is 122 Å². The zero-order chi connectivity index (χ0) is 14.7. The van der Waals surface area contributed by atoms with E-state index in [0.717, 1.165) is 32.0 Å². The first kappa shape index (κ1) is 13.3. The minimum atomic E-state index is -0.191. The Kier molecular flexibility index (Phi) is 3.65. The van der Waals surface area contributed by atoms with Crippen molar-refractivity contribution in [3.05, 3.63) is 48.2 Å². The molecule has 106 valence electrons. The highest BCUT2D eigenvalue weighted by molar-refractivity contribution is 5.50. The molecule has 2 heterocycles. The number of nitrogens with zero attached hydrogens (tertiary/aromatic N) is 5. The average Bonchev–Trinajstić information content (AvgIpc) is 2.56. The van der Waals surface area contributed by atoms with Crippen LogP contribution < -0.4 is 9.80 Å². The van der Waals surface area contributed by atoms with Crippen LogP contribution in [0.4, 0.5) is 15.9 Å². The molecule has 1 aliphatic heterocycles. The second-order valence-corrected chi connectivity index (χ2v) is 4.80. The number of para-hydroxylation sites is 1. The van der Waals surface area contributed by atoms with Gasteiger partial charge in [-0.1, -0.05) is 12.1 Å². The van der Waals surface area contributed by atoms with Gasteiger partial charge in [0.2, 0.25) is 0 Å². The summed E-state index contributed by atoms with van der Waals surface area (Å²) in [7, 11) is 0. The van der Waals surface area contributed by atoms with Crippen molar-refractivity contribution in [3.8, 4) is 6.07 Å². The van der Waals surface area contributed by atoms with Gasteiger partial charge >= 0.3 is 0 Å². The van der Waals surface area contributed by atoms with Crippen LogP contribution in [-0.2, 0) is 0 Å². The highest BCUT2D eigenvalue weighted by Crippen LogP contribution is 2.21. The van der Waals surface area contributed by atoms with E-state index >= 15 is 0 Å². The normalized spacial score (nSPS) is 14.9. The van der Waals surface area contributed by atoms with Crippen LogP contribution in [-0.4, -0.2) is 36.1 Å². The molecule has 0 N–H and O–H groups in total. The average molecular weight is 283 g/mol. The number of nitriles is 1. The highest BCUT2D eigenvalue weighted by Gasteiger charge is 2.20. The summed E-state index contributed by atoms with van der Waals surface area (Å²) in [5.74, 6) is 0.561. The lowest BCUT2D eigenvalue weighted by molar-refractivity contribution is 0.596. The van der Waals surface area contributed by atoms with Crippen molar-refractivity contribution in [1.82, 2.24) is 9.97 Å². The molecule has 21 heavy (non-hydrogen) atoms. The summed E-state index contributed by atoms with van der Waals surface area (Å²) < 4.78 is 13.8. The Morgan fingerprint density at radius 3 is 2.33 bits per heavy atom. The predicted molar refractivity (Wildman–Crippen MR) is 77.6 cm³/mol. The molecule has 1 fully saturated rings. The van der Waals surface area contributed by atoms with Gasteiger partial charge in [-0.05, 0) is 12.1 Å². The Morgan fingerprint density at radius 1 is 1.00 bits per heavy atom. The quantitative estimate of drug-likeness (QED) is 0.841. The summed E-state index contributed by atoms with van der Waals surface area (Å²) in [6.45, 7) is 2.94. The van der Waals surface area contributed by atoms with Gasteiger partial charge in [0.05, 0.1) is 18.1 Å². The highest BCUT2D eigenvalue weighted by atomic mass is 19.1. The van der Waals surface area contributed by atoms with Crippen LogP contribution in [0.1, 0.15) is 5.69 Å². The minimum absolute atomic E-state index is 0.191. The third kappa shape index (κ3) is 2.77. The summed E-state index contributed by atoms with van der Waals surface area (Å²) in [5, 5.41) is 8.72. The summed E-state index contributed by atoms with van der Waals surface area (Å²) >= 11 is 0. The van der Waals surface area contributed by atoms with Gasteiger partial charge in [-0.3, -0.25) is 0 Å². The van der Waals surface area contributed by atoms with Crippen LogP contribution in [0.5, 0.6) is 0 Å². The van der Waals surface area contributed by atoms with Crippen LogP contribution in [0, 0.1) is 17.1 Å². The van der Waals surface area contributed by atoms with E-state index in [0.29, 0.717) is 11.4 Å². The molecule has 5 nitrogen and oxygen atoms in total. The Bertz CT molecular complexity index is 657. The van der Waals surface area contributed by atoms with Gasteiger partial charge in [0.25, 0.3) is 0 Å². The van der Waals surface area contributed by atoms with Crippen LogP contribution in [0.25, 0.3) is 0 Å². The SMILES string of the molecule is N#Cc1cnc(N2CCN(c3ccccc3F)CC2)cn1. The zero-order valence-electron chi connectivity index (χ0n) is 11.4. The second kappa shape index (κ2) is 5.75. The largest absolute Gasteiger partial charge is 0.366 e. The maximum atomic E-state index is 13.8. The smallest absolute Gasteiger partial charge is 0.158 e. The lowest BCUT2D eigenvalue weighted by atomic mass is 10.2.